The Balaban J connectivity index is 1.84. The highest BCUT2D eigenvalue weighted by molar-refractivity contribution is 5.27. The summed E-state index contributed by atoms with van der Waals surface area (Å²) in [6, 6.07) is 8.18. The van der Waals surface area contributed by atoms with Crippen molar-refractivity contribution in [2.75, 3.05) is 20.2 Å². The average Bonchev–Trinajstić information content (AvgIpc) is 2.38. The van der Waals surface area contributed by atoms with Crippen molar-refractivity contribution in [1.82, 2.24) is 5.32 Å². The molecule has 3 heteroatoms. The van der Waals surface area contributed by atoms with Crippen molar-refractivity contribution in [2.45, 2.75) is 25.4 Å². The van der Waals surface area contributed by atoms with Crippen LogP contribution < -0.4 is 10.1 Å². The van der Waals surface area contributed by atoms with Crippen LogP contribution in [0.25, 0.3) is 0 Å². The van der Waals surface area contributed by atoms with Gasteiger partial charge in [-0.15, -0.1) is 0 Å². The minimum absolute atomic E-state index is 0.130. The second kappa shape index (κ2) is 6.03. The first kappa shape index (κ1) is 12.4. The number of hydrogen-bond acceptors (Lipinski definition) is 3. The Labute approximate surface area is 103 Å². The molecule has 0 spiro atoms. The Hall–Kier alpha value is -1.06. The van der Waals surface area contributed by atoms with Crippen LogP contribution in [-0.2, 0) is 6.42 Å². The summed E-state index contributed by atoms with van der Waals surface area (Å²) < 4.78 is 5.13. The molecule has 1 fully saturated rings. The molecule has 2 rings (SSSR count). The molecule has 0 saturated carbocycles. The highest BCUT2D eigenvalue weighted by Gasteiger charge is 2.22. The van der Waals surface area contributed by atoms with Crippen molar-refractivity contribution in [3.63, 3.8) is 0 Å². The third-order valence-corrected chi connectivity index (χ3v) is 3.53. The van der Waals surface area contributed by atoms with Crippen molar-refractivity contribution in [2.24, 2.45) is 5.92 Å². The molecule has 1 saturated heterocycles. The van der Waals surface area contributed by atoms with Crippen molar-refractivity contribution in [3.8, 4) is 5.75 Å². The quantitative estimate of drug-likeness (QED) is 0.833. The molecule has 0 amide bonds. The van der Waals surface area contributed by atoms with E-state index in [1.165, 1.54) is 5.56 Å². The van der Waals surface area contributed by atoms with Crippen LogP contribution >= 0.6 is 0 Å². The van der Waals surface area contributed by atoms with Crippen molar-refractivity contribution >= 4 is 0 Å². The van der Waals surface area contributed by atoms with Gasteiger partial charge in [-0.2, -0.15) is 0 Å². The second-order valence-electron chi connectivity index (χ2n) is 4.71. The Morgan fingerprint density at radius 2 is 2.12 bits per heavy atom. The zero-order chi connectivity index (χ0) is 12.1. The lowest BCUT2D eigenvalue weighted by atomic mass is 9.90. The van der Waals surface area contributed by atoms with Gasteiger partial charge in [0.25, 0.3) is 0 Å². The van der Waals surface area contributed by atoms with E-state index in [0.29, 0.717) is 5.92 Å². The van der Waals surface area contributed by atoms with E-state index >= 15 is 0 Å². The third kappa shape index (κ3) is 3.45. The molecule has 1 aliphatic heterocycles. The second-order valence-corrected chi connectivity index (χ2v) is 4.71. The fraction of sp³-hybridized carbons (Fsp3) is 0.571. The number of ether oxygens (including phenoxy) is 1. The molecule has 2 unspecified atom stereocenters. The van der Waals surface area contributed by atoms with E-state index in [2.05, 4.69) is 17.4 Å². The van der Waals surface area contributed by atoms with Crippen LogP contribution in [0.1, 0.15) is 18.4 Å². The summed E-state index contributed by atoms with van der Waals surface area (Å²) in [6.07, 6.45) is 2.82. The van der Waals surface area contributed by atoms with Crippen LogP contribution in [0.15, 0.2) is 24.3 Å². The van der Waals surface area contributed by atoms with E-state index in [-0.39, 0.29) is 6.10 Å². The van der Waals surface area contributed by atoms with Gasteiger partial charge in [-0.1, -0.05) is 12.1 Å². The van der Waals surface area contributed by atoms with Crippen LogP contribution in [0.2, 0.25) is 0 Å². The maximum absolute atomic E-state index is 9.87. The van der Waals surface area contributed by atoms with E-state index in [0.717, 1.165) is 38.1 Å². The maximum atomic E-state index is 9.87. The first-order valence-electron chi connectivity index (χ1n) is 6.31. The lowest BCUT2D eigenvalue weighted by Gasteiger charge is -2.28. The summed E-state index contributed by atoms with van der Waals surface area (Å²) in [5.74, 6) is 1.29. The van der Waals surface area contributed by atoms with Crippen LogP contribution in [0.3, 0.4) is 0 Å². The summed E-state index contributed by atoms with van der Waals surface area (Å²) in [5, 5.41) is 13.2. The summed E-state index contributed by atoms with van der Waals surface area (Å²) in [4.78, 5) is 0. The molecule has 0 aromatic heterocycles. The number of benzene rings is 1. The number of aryl methyl sites for hydroxylation is 1. The summed E-state index contributed by atoms with van der Waals surface area (Å²) in [6.45, 7) is 1.89. The SMILES string of the molecule is COc1ccc(CCC2CNCCC2O)cc1. The Bertz CT molecular complexity index is 337. The molecule has 1 heterocycles. The van der Waals surface area contributed by atoms with Crippen LogP contribution in [-0.4, -0.2) is 31.4 Å². The third-order valence-electron chi connectivity index (χ3n) is 3.53. The lowest BCUT2D eigenvalue weighted by molar-refractivity contribution is 0.0747. The van der Waals surface area contributed by atoms with Gasteiger partial charge in [0.2, 0.25) is 0 Å². The van der Waals surface area contributed by atoms with Gasteiger partial charge in [-0.3, -0.25) is 0 Å². The number of methoxy groups -OCH3 is 1. The molecule has 2 atom stereocenters. The maximum Gasteiger partial charge on any atom is 0.118 e. The fourth-order valence-corrected chi connectivity index (χ4v) is 2.35. The largest absolute Gasteiger partial charge is 0.497 e. The van der Waals surface area contributed by atoms with Crippen molar-refractivity contribution in [3.05, 3.63) is 29.8 Å². The average molecular weight is 235 g/mol. The molecule has 1 aromatic carbocycles. The molecule has 0 aliphatic carbocycles. The normalized spacial score (nSPS) is 24.6. The fourth-order valence-electron chi connectivity index (χ4n) is 2.35. The molecule has 0 bridgehead atoms. The topological polar surface area (TPSA) is 41.5 Å². The van der Waals surface area contributed by atoms with Gasteiger partial charge in [0, 0.05) is 6.54 Å². The minimum atomic E-state index is -0.130. The predicted octanol–water partition coefficient (Wildman–Crippen LogP) is 1.60. The first-order valence-corrected chi connectivity index (χ1v) is 6.31. The smallest absolute Gasteiger partial charge is 0.118 e. The van der Waals surface area contributed by atoms with Crippen molar-refractivity contribution in [1.29, 1.82) is 0 Å². The molecular weight excluding hydrogens is 214 g/mol. The zero-order valence-electron chi connectivity index (χ0n) is 10.4. The molecular formula is C14H21NO2. The van der Waals surface area contributed by atoms with Crippen LogP contribution in [0.4, 0.5) is 0 Å². The molecule has 0 radical (unpaired) electrons. The van der Waals surface area contributed by atoms with Gasteiger partial charge in [-0.05, 0) is 49.4 Å². The molecule has 1 aromatic rings. The minimum Gasteiger partial charge on any atom is -0.497 e. The van der Waals surface area contributed by atoms with Gasteiger partial charge in [0.05, 0.1) is 13.2 Å². The Kier molecular flexibility index (Phi) is 4.40. The molecule has 94 valence electrons. The van der Waals surface area contributed by atoms with Crippen LogP contribution in [0, 0.1) is 5.92 Å². The summed E-state index contributed by atoms with van der Waals surface area (Å²) in [7, 11) is 1.68. The number of piperidine rings is 1. The van der Waals surface area contributed by atoms with Gasteiger partial charge < -0.3 is 15.2 Å². The van der Waals surface area contributed by atoms with Crippen LogP contribution in [0.5, 0.6) is 5.75 Å². The van der Waals surface area contributed by atoms with E-state index in [1.807, 2.05) is 12.1 Å². The molecule has 1 aliphatic rings. The molecule has 3 nitrogen and oxygen atoms in total. The highest BCUT2D eigenvalue weighted by Crippen LogP contribution is 2.19. The zero-order valence-corrected chi connectivity index (χ0v) is 10.4. The number of rotatable bonds is 4. The van der Waals surface area contributed by atoms with E-state index in [4.69, 9.17) is 4.74 Å². The van der Waals surface area contributed by atoms with E-state index < -0.39 is 0 Å². The van der Waals surface area contributed by atoms with E-state index in [9.17, 15) is 5.11 Å². The van der Waals surface area contributed by atoms with E-state index in [1.54, 1.807) is 7.11 Å². The summed E-state index contributed by atoms with van der Waals surface area (Å²) >= 11 is 0. The lowest BCUT2D eigenvalue weighted by Crippen LogP contribution is -2.40. The monoisotopic (exact) mass is 235 g/mol. The molecule has 2 N–H and O–H groups in total. The Morgan fingerprint density at radius 1 is 1.35 bits per heavy atom. The number of aliphatic hydroxyl groups is 1. The van der Waals surface area contributed by atoms with Gasteiger partial charge in [-0.25, -0.2) is 0 Å². The highest BCUT2D eigenvalue weighted by atomic mass is 16.5. The first-order chi connectivity index (χ1) is 8.29. The standard InChI is InChI=1S/C14H21NO2/c1-17-13-6-3-11(4-7-13)2-5-12-10-15-9-8-14(12)16/h3-4,6-7,12,14-16H,2,5,8-10H2,1H3. The number of hydrogen-bond donors (Lipinski definition) is 2. The Morgan fingerprint density at radius 3 is 2.76 bits per heavy atom. The number of nitrogens with one attached hydrogen (secondary N) is 1. The predicted molar refractivity (Wildman–Crippen MR) is 68.3 cm³/mol. The van der Waals surface area contributed by atoms with Gasteiger partial charge in [0.15, 0.2) is 0 Å². The van der Waals surface area contributed by atoms with Gasteiger partial charge >= 0.3 is 0 Å². The molecule has 17 heavy (non-hydrogen) atoms. The number of aliphatic hydroxyl groups excluding tert-OH is 1. The summed E-state index contributed by atoms with van der Waals surface area (Å²) in [5.41, 5.74) is 1.31. The van der Waals surface area contributed by atoms with Gasteiger partial charge in [0.1, 0.15) is 5.75 Å². The van der Waals surface area contributed by atoms with Crippen molar-refractivity contribution < 1.29 is 9.84 Å².